The number of nitrogens with one attached hydrogen (secondary N) is 1. The Bertz CT molecular complexity index is 614. The van der Waals surface area contributed by atoms with Crippen molar-refractivity contribution < 1.29 is 4.92 Å². The van der Waals surface area contributed by atoms with Crippen molar-refractivity contribution in [3.8, 4) is 0 Å². The monoisotopic (exact) mass is 320 g/mol. The molecule has 0 aromatic heterocycles. The van der Waals surface area contributed by atoms with Gasteiger partial charge in [0.05, 0.1) is 4.92 Å². The molecule has 0 aliphatic heterocycles. The number of benzene rings is 2. The predicted molar refractivity (Wildman–Crippen MR) is 79.3 cm³/mol. The molecule has 2 aromatic rings. The summed E-state index contributed by atoms with van der Waals surface area (Å²) in [5.74, 6) is 0. The smallest absolute Gasteiger partial charge is 0.269 e. The first-order valence-corrected chi connectivity index (χ1v) is 6.59. The van der Waals surface area contributed by atoms with Crippen LogP contribution >= 0.6 is 15.9 Å². The van der Waals surface area contributed by atoms with E-state index in [-0.39, 0.29) is 10.6 Å². The lowest BCUT2D eigenvalue weighted by Gasteiger charge is -2.10. The standard InChI is InChI=1S/C14H13BrN2O2/c1-10-4-2-7-13(14(10)15)16-9-11-5-3-6-12(8-11)17(18)19/h2-8,16H,9H2,1H3. The molecule has 0 saturated carbocycles. The highest BCUT2D eigenvalue weighted by atomic mass is 79.9. The molecule has 19 heavy (non-hydrogen) atoms. The van der Waals surface area contributed by atoms with Gasteiger partial charge in [0.2, 0.25) is 0 Å². The third-order valence-electron chi connectivity index (χ3n) is 2.80. The second kappa shape index (κ2) is 5.84. The molecule has 0 aliphatic rings. The summed E-state index contributed by atoms with van der Waals surface area (Å²) in [6, 6.07) is 12.6. The van der Waals surface area contributed by atoms with Crippen LogP contribution < -0.4 is 5.32 Å². The number of nitrogens with zero attached hydrogens (tertiary/aromatic N) is 1. The summed E-state index contributed by atoms with van der Waals surface area (Å²) in [5.41, 5.74) is 3.11. The Morgan fingerprint density at radius 2 is 2.00 bits per heavy atom. The summed E-state index contributed by atoms with van der Waals surface area (Å²) in [6.45, 7) is 2.56. The molecule has 0 heterocycles. The third-order valence-corrected chi connectivity index (χ3v) is 3.85. The molecule has 2 rings (SSSR count). The van der Waals surface area contributed by atoms with E-state index in [1.54, 1.807) is 12.1 Å². The molecule has 0 unspecified atom stereocenters. The molecule has 0 aliphatic carbocycles. The van der Waals surface area contributed by atoms with Crippen LogP contribution in [0, 0.1) is 17.0 Å². The second-order valence-electron chi connectivity index (χ2n) is 4.22. The van der Waals surface area contributed by atoms with Crippen molar-refractivity contribution in [2.45, 2.75) is 13.5 Å². The van der Waals surface area contributed by atoms with Gasteiger partial charge in [0.15, 0.2) is 0 Å². The van der Waals surface area contributed by atoms with Crippen molar-refractivity contribution in [2.24, 2.45) is 0 Å². The van der Waals surface area contributed by atoms with Crippen LogP contribution in [0.25, 0.3) is 0 Å². The summed E-state index contributed by atoms with van der Waals surface area (Å²) in [6.07, 6.45) is 0. The molecular formula is C14H13BrN2O2. The van der Waals surface area contributed by atoms with E-state index < -0.39 is 0 Å². The van der Waals surface area contributed by atoms with Gasteiger partial charge in [0, 0.05) is 28.8 Å². The average molecular weight is 321 g/mol. The van der Waals surface area contributed by atoms with E-state index in [0.717, 1.165) is 21.3 Å². The van der Waals surface area contributed by atoms with Crippen LogP contribution in [0.2, 0.25) is 0 Å². The van der Waals surface area contributed by atoms with E-state index in [1.807, 2.05) is 31.2 Å². The molecule has 4 nitrogen and oxygen atoms in total. The van der Waals surface area contributed by atoms with E-state index in [1.165, 1.54) is 6.07 Å². The second-order valence-corrected chi connectivity index (χ2v) is 5.01. The molecule has 0 fully saturated rings. The Hall–Kier alpha value is -1.88. The molecule has 1 N–H and O–H groups in total. The quantitative estimate of drug-likeness (QED) is 0.675. The maximum Gasteiger partial charge on any atom is 0.269 e. The molecule has 0 atom stereocenters. The molecule has 0 saturated heterocycles. The lowest BCUT2D eigenvalue weighted by Crippen LogP contribution is -2.01. The number of rotatable bonds is 4. The number of hydrogen-bond acceptors (Lipinski definition) is 3. The Morgan fingerprint density at radius 1 is 1.26 bits per heavy atom. The van der Waals surface area contributed by atoms with Gasteiger partial charge in [-0.3, -0.25) is 10.1 Å². The number of nitro benzene ring substituents is 1. The van der Waals surface area contributed by atoms with Crippen molar-refractivity contribution in [1.82, 2.24) is 0 Å². The minimum Gasteiger partial charge on any atom is -0.380 e. The van der Waals surface area contributed by atoms with E-state index >= 15 is 0 Å². The minimum atomic E-state index is -0.383. The minimum absolute atomic E-state index is 0.114. The highest BCUT2D eigenvalue weighted by Crippen LogP contribution is 2.26. The fourth-order valence-electron chi connectivity index (χ4n) is 1.76. The van der Waals surface area contributed by atoms with Crippen molar-refractivity contribution in [1.29, 1.82) is 0 Å². The number of anilines is 1. The number of aryl methyl sites for hydroxylation is 1. The van der Waals surface area contributed by atoms with Crippen molar-refractivity contribution in [2.75, 3.05) is 5.32 Å². The molecule has 2 aromatic carbocycles. The van der Waals surface area contributed by atoms with Crippen LogP contribution in [0.15, 0.2) is 46.9 Å². The summed E-state index contributed by atoms with van der Waals surface area (Å²) in [4.78, 5) is 10.3. The summed E-state index contributed by atoms with van der Waals surface area (Å²) in [5, 5.41) is 14.0. The van der Waals surface area contributed by atoms with E-state index in [9.17, 15) is 10.1 Å². The number of non-ortho nitro benzene ring substituents is 1. The highest BCUT2D eigenvalue weighted by Gasteiger charge is 2.06. The average Bonchev–Trinajstić information content (AvgIpc) is 2.41. The van der Waals surface area contributed by atoms with Gasteiger partial charge in [-0.05, 0) is 40.0 Å². The lowest BCUT2D eigenvalue weighted by atomic mass is 10.2. The fraction of sp³-hybridized carbons (Fsp3) is 0.143. The Balaban J connectivity index is 2.12. The number of halogens is 1. The van der Waals surface area contributed by atoms with E-state index in [4.69, 9.17) is 0 Å². The normalized spacial score (nSPS) is 10.2. The van der Waals surface area contributed by atoms with Crippen LogP contribution in [-0.2, 0) is 6.54 Å². The van der Waals surface area contributed by atoms with Crippen molar-refractivity contribution in [3.63, 3.8) is 0 Å². The van der Waals surface area contributed by atoms with Gasteiger partial charge in [-0.1, -0.05) is 24.3 Å². The van der Waals surface area contributed by atoms with Gasteiger partial charge < -0.3 is 5.32 Å². The first kappa shape index (κ1) is 13.5. The van der Waals surface area contributed by atoms with Gasteiger partial charge in [0.1, 0.15) is 0 Å². The first-order valence-electron chi connectivity index (χ1n) is 5.80. The molecule has 98 valence electrons. The van der Waals surface area contributed by atoms with Gasteiger partial charge >= 0.3 is 0 Å². The summed E-state index contributed by atoms with van der Waals surface area (Å²) >= 11 is 3.52. The van der Waals surface area contributed by atoms with Crippen LogP contribution in [-0.4, -0.2) is 4.92 Å². The highest BCUT2D eigenvalue weighted by molar-refractivity contribution is 9.10. The predicted octanol–water partition coefficient (Wildman–Crippen LogP) is 4.28. The van der Waals surface area contributed by atoms with E-state index in [2.05, 4.69) is 21.2 Å². The molecule has 0 amide bonds. The first-order chi connectivity index (χ1) is 9.08. The SMILES string of the molecule is Cc1cccc(NCc2cccc([N+](=O)[O-])c2)c1Br. The molecule has 5 heteroatoms. The number of nitro groups is 1. The molecule has 0 spiro atoms. The fourth-order valence-corrected chi connectivity index (χ4v) is 2.17. The Kier molecular flexibility index (Phi) is 4.16. The van der Waals surface area contributed by atoms with Gasteiger partial charge in [-0.25, -0.2) is 0 Å². The van der Waals surface area contributed by atoms with Crippen LogP contribution in [0.4, 0.5) is 11.4 Å². The van der Waals surface area contributed by atoms with Crippen LogP contribution in [0.5, 0.6) is 0 Å². The number of hydrogen-bond donors (Lipinski definition) is 1. The van der Waals surface area contributed by atoms with Crippen molar-refractivity contribution in [3.05, 3.63) is 68.2 Å². The van der Waals surface area contributed by atoms with Gasteiger partial charge in [-0.15, -0.1) is 0 Å². The lowest BCUT2D eigenvalue weighted by molar-refractivity contribution is -0.384. The zero-order valence-corrected chi connectivity index (χ0v) is 12.0. The summed E-state index contributed by atoms with van der Waals surface area (Å²) < 4.78 is 1.01. The van der Waals surface area contributed by atoms with Crippen LogP contribution in [0.3, 0.4) is 0 Å². The zero-order chi connectivity index (χ0) is 13.8. The van der Waals surface area contributed by atoms with Gasteiger partial charge in [0.25, 0.3) is 5.69 Å². The Labute approximate surface area is 119 Å². The zero-order valence-electron chi connectivity index (χ0n) is 10.4. The molecule has 0 radical (unpaired) electrons. The van der Waals surface area contributed by atoms with Crippen molar-refractivity contribution >= 4 is 27.3 Å². The van der Waals surface area contributed by atoms with Crippen LogP contribution in [0.1, 0.15) is 11.1 Å². The molecule has 0 bridgehead atoms. The Morgan fingerprint density at radius 3 is 2.74 bits per heavy atom. The van der Waals surface area contributed by atoms with Gasteiger partial charge in [-0.2, -0.15) is 0 Å². The largest absolute Gasteiger partial charge is 0.380 e. The molecular weight excluding hydrogens is 308 g/mol. The third kappa shape index (κ3) is 3.32. The van der Waals surface area contributed by atoms with E-state index in [0.29, 0.717) is 6.54 Å². The topological polar surface area (TPSA) is 55.2 Å². The summed E-state index contributed by atoms with van der Waals surface area (Å²) in [7, 11) is 0. The maximum absolute atomic E-state index is 10.7. The maximum atomic E-state index is 10.7.